The summed E-state index contributed by atoms with van der Waals surface area (Å²) in [5.41, 5.74) is 2.48. The molecule has 0 saturated carbocycles. The second-order valence-corrected chi connectivity index (χ2v) is 10.2. The van der Waals surface area contributed by atoms with Crippen LogP contribution in [0.1, 0.15) is 47.4 Å². The molecule has 2 aliphatic rings. The number of nitrogens with one attached hydrogen (secondary N) is 1. The maximum atomic E-state index is 13.9. The highest BCUT2D eigenvalue weighted by Gasteiger charge is 2.48. The molecular formula is C31H33N3O5. The van der Waals surface area contributed by atoms with Gasteiger partial charge in [0.25, 0.3) is 5.91 Å². The van der Waals surface area contributed by atoms with Gasteiger partial charge >= 0.3 is 6.09 Å². The Morgan fingerprint density at radius 3 is 2.44 bits per heavy atom. The molecule has 202 valence electrons. The Hall–Kier alpha value is -4.33. The third-order valence-electron chi connectivity index (χ3n) is 7.45. The summed E-state index contributed by atoms with van der Waals surface area (Å²) in [5, 5.41) is 2.90. The van der Waals surface area contributed by atoms with Crippen LogP contribution in [0.3, 0.4) is 0 Å². The predicted molar refractivity (Wildman–Crippen MR) is 147 cm³/mol. The zero-order chi connectivity index (χ0) is 27.4. The largest absolute Gasteiger partial charge is 0.496 e. The molecule has 5 rings (SSSR count). The van der Waals surface area contributed by atoms with Crippen molar-refractivity contribution in [3.05, 3.63) is 95.6 Å². The number of nitrogens with zero attached hydrogens (tertiary/aromatic N) is 2. The maximum Gasteiger partial charge on any atom is 0.411 e. The molecule has 2 saturated heterocycles. The number of likely N-dealkylation sites (tertiary alicyclic amines) is 1. The Kier molecular flexibility index (Phi) is 7.81. The molecular weight excluding hydrogens is 494 g/mol. The number of amides is 3. The Morgan fingerprint density at radius 1 is 0.974 bits per heavy atom. The molecule has 3 aromatic carbocycles. The second kappa shape index (κ2) is 11.6. The first-order valence-corrected chi connectivity index (χ1v) is 13.3. The third kappa shape index (κ3) is 5.74. The van der Waals surface area contributed by atoms with Crippen LogP contribution in [-0.4, -0.2) is 53.9 Å². The van der Waals surface area contributed by atoms with Crippen LogP contribution in [0, 0.1) is 5.92 Å². The molecule has 0 aromatic heterocycles. The van der Waals surface area contributed by atoms with Crippen LogP contribution >= 0.6 is 0 Å². The van der Waals surface area contributed by atoms with Crippen molar-refractivity contribution in [3.8, 4) is 5.75 Å². The van der Waals surface area contributed by atoms with E-state index in [0.29, 0.717) is 41.6 Å². The number of benzene rings is 3. The van der Waals surface area contributed by atoms with Crippen LogP contribution in [0.15, 0.2) is 78.9 Å². The van der Waals surface area contributed by atoms with Gasteiger partial charge in [-0.3, -0.25) is 14.5 Å². The molecule has 0 spiro atoms. The minimum atomic E-state index is -0.814. The molecule has 2 unspecified atom stereocenters. The molecule has 1 N–H and O–H groups in total. The highest BCUT2D eigenvalue weighted by atomic mass is 16.6. The van der Waals surface area contributed by atoms with Gasteiger partial charge in [-0.15, -0.1) is 0 Å². The Balaban J connectivity index is 1.43. The number of hydrogen-bond acceptors (Lipinski definition) is 5. The molecule has 2 atom stereocenters. The molecule has 3 amide bonds. The van der Waals surface area contributed by atoms with Crippen molar-refractivity contribution in [2.24, 2.45) is 5.92 Å². The van der Waals surface area contributed by atoms with E-state index in [1.54, 1.807) is 42.5 Å². The zero-order valence-electron chi connectivity index (χ0n) is 22.2. The van der Waals surface area contributed by atoms with Crippen LogP contribution in [-0.2, 0) is 16.1 Å². The zero-order valence-corrected chi connectivity index (χ0v) is 22.2. The van der Waals surface area contributed by atoms with E-state index in [-0.39, 0.29) is 18.4 Å². The fourth-order valence-electron chi connectivity index (χ4n) is 5.21. The van der Waals surface area contributed by atoms with Gasteiger partial charge in [0, 0.05) is 18.8 Å². The van der Waals surface area contributed by atoms with E-state index in [1.807, 2.05) is 41.3 Å². The van der Waals surface area contributed by atoms with E-state index in [2.05, 4.69) is 12.2 Å². The third-order valence-corrected chi connectivity index (χ3v) is 7.45. The fourth-order valence-corrected chi connectivity index (χ4v) is 5.21. The molecule has 39 heavy (non-hydrogen) atoms. The number of carbonyl (C=O) groups is 3. The normalized spacial score (nSPS) is 19.5. The second-order valence-electron chi connectivity index (χ2n) is 10.2. The molecule has 2 fully saturated rings. The van der Waals surface area contributed by atoms with Crippen LogP contribution in [0.2, 0.25) is 0 Å². The number of rotatable bonds is 7. The number of hydrogen-bond donors (Lipinski definition) is 1. The first-order chi connectivity index (χ1) is 18.9. The van der Waals surface area contributed by atoms with E-state index >= 15 is 0 Å². The number of carbonyl (C=O) groups excluding carboxylic acids is 3. The van der Waals surface area contributed by atoms with Gasteiger partial charge in [0.2, 0.25) is 5.91 Å². The van der Waals surface area contributed by atoms with Crippen molar-refractivity contribution in [1.29, 1.82) is 0 Å². The highest BCUT2D eigenvalue weighted by molar-refractivity contribution is 6.06. The molecule has 0 aliphatic carbocycles. The topological polar surface area (TPSA) is 88.2 Å². The number of anilines is 1. The van der Waals surface area contributed by atoms with Crippen molar-refractivity contribution >= 4 is 23.6 Å². The van der Waals surface area contributed by atoms with Crippen LogP contribution < -0.4 is 10.1 Å². The van der Waals surface area contributed by atoms with E-state index in [9.17, 15) is 14.4 Å². The number of piperidine rings is 1. The fraction of sp³-hybridized carbons (Fsp3) is 0.323. The van der Waals surface area contributed by atoms with E-state index in [4.69, 9.17) is 9.47 Å². The smallest absolute Gasteiger partial charge is 0.411 e. The van der Waals surface area contributed by atoms with Gasteiger partial charge in [-0.05, 0) is 54.2 Å². The summed E-state index contributed by atoms with van der Waals surface area (Å²) >= 11 is 0. The van der Waals surface area contributed by atoms with Crippen LogP contribution in [0.4, 0.5) is 10.5 Å². The lowest BCUT2D eigenvalue weighted by atomic mass is 9.96. The van der Waals surface area contributed by atoms with E-state index in [1.165, 1.54) is 12.0 Å². The van der Waals surface area contributed by atoms with Crippen molar-refractivity contribution in [2.75, 3.05) is 25.5 Å². The van der Waals surface area contributed by atoms with Crippen molar-refractivity contribution in [3.63, 3.8) is 0 Å². The number of ether oxygens (including phenoxy) is 2. The summed E-state index contributed by atoms with van der Waals surface area (Å²) < 4.78 is 11.2. The minimum Gasteiger partial charge on any atom is -0.496 e. The first-order valence-electron chi connectivity index (χ1n) is 13.3. The molecule has 0 bridgehead atoms. The monoisotopic (exact) mass is 527 g/mol. The molecule has 2 heterocycles. The highest BCUT2D eigenvalue weighted by Crippen LogP contribution is 2.36. The summed E-state index contributed by atoms with van der Waals surface area (Å²) in [6.07, 6.45) is 0.523. The lowest BCUT2D eigenvalue weighted by Gasteiger charge is -2.34. The SMILES string of the molecule is COc1ccccc1C(=O)Nc1cccc(C2OC(=O)N(Cc3ccccc3)C2C(=O)N2CCC(C)CC2)c1. The van der Waals surface area contributed by atoms with Crippen molar-refractivity contribution < 1.29 is 23.9 Å². The first kappa shape index (κ1) is 26.3. The van der Waals surface area contributed by atoms with Gasteiger partial charge in [0.1, 0.15) is 5.75 Å². The van der Waals surface area contributed by atoms with Crippen LogP contribution in [0.5, 0.6) is 5.75 Å². The van der Waals surface area contributed by atoms with Crippen molar-refractivity contribution in [2.45, 2.75) is 38.5 Å². The Bertz CT molecular complexity index is 1340. The molecule has 8 heteroatoms. The predicted octanol–water partition coefficient (Wildman–Crippen LogP) is 5.27. The summed E-state index contributed by atoms with van der Waals surface area (Å²) in [4.78, 5) is 43.5. The molecule has 8 nitrogen and oxygen atoms in total. The Labute approximate surface area is 228 Å². The Morgan fingerprint density at radius 2 is 1.69 bits per heavy atom. The van der Waals surface area contributed by atoms with E-state index < -0.39 is 18.2 Å². The van der Waals surface area contributed by atoms with Crippen molar-refractivity contribution in [1.82, 2.24) is 9.80 Å². The molecule has 0 radical (unpaired) electrons. The summed E-state index contributed by atoms with van der Waals surface area (Å²) in [5.74, 6) is 0.593. The molecule has 3 aromatic rings. The average molecular weight is 528 g/mol. The van der Waals surface area contributed by atoms with Gasteiger partial charge in [-0.1, -0.05) is 61.5 Å². The lowest BCUT2D eigenvalue weighted by molar-refractivity contribution is -0.138. The van der Waals surface area contributed by atoms with Gasteiger partial charge < -0.3 is 19.7 Å². The van der Waals surface area contributed by atoms with Crippen LogP contribution in [0.25, 0.3) is 0 Å². The maximum absolute atomic E-state index is 13.9. The molecule has 2 aliphatic heterocycles. The van der Waals surface area contributed by atoms with E-state index in [0.717, 1.165) is 18.4 Å². The van der Waals surface area contributed by atoms with Gasteiger partial charge in [-0.2, -0.15) is 0 Å². The summed E-state index contributed by atoms with van der Waals surface area (Å²) in [6.45, 7) is 3.78. The lowest BCUT2D eigenvalue weighted by Crippen LogP contribution is -2.50. The summed E-state index contributed by atoms with van der Waals surface area (Å²) in [6, 6.07) is 22.9. The average Bonchev–Trinajstić information content (AvgIpc) is 3.29. The standard InChI is InChI=1S/C31H33N3O5/c1-21-15-17-33(18-16-21)30(36)27-28(39-31(37)34(27)20-22-9-4-3-5-10-22)23-11-8-12-24(19-23)32-29(35)25-13-6-7-14-26(25)38-2/h3-14,19,21,27-28H,15-18,20H2,1-2H3,(H,32,35). The quantitative estimate of drug-likeness (QED) is 0.452. The number of cyclic esters (lactones) is 1. The summed E-state index contributed by atoms with van der Waals surface area (Å²) in [7, 11) is 1.52. The number of para-hydroxylation sites is 1. The minimum absolute atomic E-state index is 0.114. The van der Waals surface area contributed by atoms with Gasteiger partial charge in [-0.25, -0.2) is 4.79 Å². The van der Waals surface area contributed by atoms with Gasteiger partial charge in [0.15, 0.2) is 12.1 Å². The number of methoxy groups -OCH3 is 1. The van der Waals surface area contributed by atoms with Gasteiger partial charge in [0.05, 0.1) is 19.2 Å².